The van der Waals surface area contributed by atoms with E-state index in [9.17, 15) is 4.57 Å². The second kappa shape index (κ2) is 4.99. The zero-order valence-corrected chi connectivity index (χ0v) is 6.74. The van der Waals surface area contributed by atoms with Gasteiger partial charge >= 0.3 is 30.6 Å². The summed E-state index contributed by atoms with van der Waals surface area (Å²) in [5.41, 5.74) is 0.667. The van der Waals surface area contributed by atoms with Gasteiger partial charge in [0.2, 0.25) is 0 Å². The van der Waals surface area contributed by atoms with Crippen molar-refractivity contribution in [2.45, 2.75) is 6.16 Å². The molecular formula is C7H11MgO3P. The largest absolute Gasteiger partial charge is 0.329 e. The molecule has 12 heavy (non-hydrogen) atoms. The molecule has 0 atom stereocenters. The third-order valence-corrected chi connectivity index (χ3v) is 2.01. The van der Waals surface area contributed by atoms with E-state index < -0.39 is 7.60 Å². The van der Waals surface area contributed by atoms with Crippen LogP contribution in [0.1, 0.15) is 5.56 Å². The first-order valence-electron chi connectivity index (χ1n) is 3.16. The van der Waals surface area contributed by atoms with Gasteiger partial charge in [0.05, 0.1) is 6.16 Å². The summed E-state index contributed by atoms with van der Waals surface area (Å²) in [7, 11) is -3.89. The predicted octanol–water partition coefficient (Wildman–Crippen LogP) is 0.448. The number of benzene rings is 1. The highest BCUT2D eigenvalue weighted by Gasteiger charge is 2.12. The number of rotatable bonds is 2. The topological polar surface area (TPSA) is 57.5 Å². The lowest BCUT2D eigenvalue weighted by atomic mass is 10.2. The van der Waals surface area contributed by atoms with E-state index in [2.05, 4.69) is 0 Å². The molecule has 0 bridgehead atoms. The van der Waals surface area contributed by atoms with E-state index in [0.29, 0.717) is 5.56 Å². The highest BCUT2D eigenvalue weighted by molar-refractivity contribution is 7.50. The van der Waals surface area contributed by atoms with Crippen LogP contribution in [0.15, 0.2) is 30.3 Å². The molecule has 0 unspecified atom stereocenters. The second-order valence-electron chi connectivity index (χ2n) is 2.31. The Balaban J connectivity index is 0.00000121. The third-order valence-electron chi connectivity index (χ3n) is 1.23. The Labute approximate surface area is 87.1 Å². The quantitative estimate of drug-likeness (QED) is 0.536. The van der Waals surface area contributed by atoms with Gasteiger partial charge in [-0.25, -0.2) is 0 Å². The molecule has 0 amide bonds. The van der Waals surface area contributed by atoms with Crippen LogP contribution in [-0.4, -0.2) is 32.8 Å². The van der Waals surface area contributed by atoms with Crippen LogP contribution in [0.4, 0.5) is 0 Å². The molecule has 0 aromatic heterocycles. The second-order valence-corrected chi connectivity index (χ2v) is 3.95. The van der Waals surface area contributed by atoms with E-state index in [1.165, 1.54) is 0 Å². The first-order valence-corrected chi connectivity index (χ1v) is 4.96. The van der Waals surface area contributed by atoms with Gasteiger partial charge in [-0.3, -0.25) is 4.57 Å². The van der Waals surface area contributed by atoms with Crippen LogP contribution >= 0.6 is 7.60 Å². The lowest BCUT2D eigenvalue weighted by molar-refractivity contribution is 0.372. The molecule has 3 nitrogen and oxygen atoms in total. The summed E-state index contributed by atoms with van der Waals surface area (Å²) in [5, 5.41) is 0. The maximum Gasteiger partial charge on any atom is 0.329 e. The van der Waals surface area contributed by atoms with Crippen molar-refractivity contribution >= 4 is 30.6 Å². The van der Waals surface area contributed by atoms with Crippen molar-refractivity contribution in [3.63, 3.8) is 0 Å². The molecule has 0 saturated carbocycles. The Morgan fingerprint density at radius 1 is 1.17 bits per heavy atom. The van der Waals surface area contributed by atoms with Crippen molar-refractivity contribution in [2.75, 3.05) is 0 Å². The monoisotopic (exact) mass is 198 g/mol. The molecule has 0 spiro atoms. The molecule has 0 radical (unpaired) electrons. The normalized spacial score (nSPS) is 10.5. The summed E-state index contributed by atoms with van der Waals surface area (Å²) < 4.78 is 10.5. The van der Waals surface area contributed by atoms with Crippen LogP contribution in [0.2, 0.25) is 0 Å². The summed E-state index contributed by atoms with van der Waals surface area (Å²) in [6.07, 6.45) is -0.173. The predicted molar refractivity (Wildman–Crippen MR) is 50.7 cm³/mol. The van der Waals surface area contributed by atoms with Crippen molar-refractivity contribution < 1.29 is 14.4 Å². The van der Waals surface area contributed by atoms with Crippen LogP contribution in [0.5, 0.6) is 0 Å². The number of hydrogen-bond donors (Lipinski definition) is 2. The van der Waals surface area contributed by atoms with Crippen molar-refractivity contribution in [3.8, 4) is 0 Å². The average molecular weight is 198 g/mol. The minimum atomic E-state index is -3.89. The summed E-state index contributed by atoms with van der Waals surface area (Å²) in [5.74, 6) is 0. The zero-order chi connectivity index (χ0) is 8.32. The summed E-state index contributed by atoms with van der Waals surface area (Å²) in [4.78, 5) is 17.2. The minimum absolute atomic E-state index is 0. The van der Waals surface area contributed by atoms with Gasteiger partial charge in [-0.1, -0.05) is 30.3 Å². The molecule has 0 saturated heterocycles. The summed E-state index contributed by atoms with van der Waals surface area (Å²) in [6.45, 7) is 0. The van der Waals surface area contributed by atoms with Gasteiger partial charge in [0.15, 0.2) is 0 Å². The molecule has 2 N–H and O–H groups in total. The Bertz CT molecular complexity index is 269. The van der Waals surface area contributed by atoms with E-state index in [-0.39, 0.29) is 29.2 Å². The van der Waals surface area contributed by atoms with Gasteiger partial charge in [-0.15, -0.1) is 0 Å². The smallest absolute Gasteiger partial charge is 0.324 e. The van der Waals surface area contributed by atoms with Crippen LogP contribution in [0, 0.1) is 0 Å². The van der Waals surface area contributed by atoms with Crippen molar-refractivity contribution in [1.29, 1.82) is 0 Å². The molecule has 0 aliphatic rings. The molecule has 5 heteroatoms. The van der Waals surface area contributed by atoms with Crippen LogP contribution < -0.4 is 0 Å². The van der Waals surface area contributed by atoms with E-state index in [1.54, 1.807) is 24.3 Å². The van der Waals surface area contributed by atoms with Crippen molar-refractivity contribution in [1.82, 2.24) is 0 Å². The molecular weight excluding hydrogens is 187 g/mol. The van der Waals surface area contributed by atoms with Gasteiger partial charge in [0.25, 0.3) is 0 Å². The van der Waals surface area contributed by atoms with Crippen molar-refractivity contribution in [2.24, 2.45) is 0 Å². The Hall–Kier alpha value is 0.136. The third kappa shape index (κ3) is 4.90. The summed E-state index contributed by atoms with van der Waals surface area (Å²) in [6, 6.07) is 8.71. The molecule has 1 aromatic carbocycles. The average Bonchev–Trinajstić information content (AvgIpc) is 1.85. The highest BCUT2D eigenvalue weighted by atomic mass is 31.2. The minimum Gasteiger partial charge on any atom is -0.324 e. The van der Waals surface area contributed by atoms with E-state index in [1.807, 2.05) is 6.07 Å². The zero-order valence-electron chi connectivity index (χ0n) is 5.84. The lowest BCUT2D eigenvalue weighted by Crippen LogP contribution is -1.84. The fraction of sp³-hybridized carbons (Fsp3) is 0.143. The molecule has 64 valence electrons. The van der Waals surface area contributed by atoms with Gasteiger partial charge < -0.3 is 9.79 Å². The number of hydrogen-bond acceptors (Lipinski definition) is 1. The molecule has 0 aliphatic heterocycles. The Morgan fingerprint density at radius 3 is 2.08 bits per heavy atom. The fourth-order valence-electron chi connectivity index (χ4n) is 0.821. The van der Waals surface area contributed by atoms with Crippen LogP contribution in [-0.2, 0) is 10.7 Å². The van der Waals surface area contributed by atoms with Crippen molar-refractivity contribution in [3.05, 3.63) is 35.9 Å². The first kappa shape index (κ1) is 12.1. The molecule has 0 heterocycles. The molecule has 0 fully saturated rings. The van der Waals surface area contributed by atoms with E-state index in [0.717, 1.165) is 0 Å². The van der Waals surface area contributed by atoms with Gasteiger partial charge in [-0.2, -0.15) is 0 Å². The first-order chi connectivity index (χ1) is 5.08. The Morgan fingerprint density at radius 2 is 1.67 bits per heavy atom. The maximum absolute atomic E-state index is 10.5. The van der Waals surface area contributed by atoms with Gasteiger partial charge in [0, 0.05) is 0 Å². The van der Waals surface area contributed by atoms with Gasteiger partial charge in [0.1, 0.15) is 0 Å². The van der Waals surface area contributed by atoms with Crippen LogP contribution in [0.3, 0.4) is 0 Å². The maximum atomic E-state index is 10.5. The standard InChI is InChI=1S/C7H9O3P.Mg.2H/c8-11(9,10)6-7-4-2-1-3-5-7;;;/h1-5H,6H2,(H2,8,9,10);;;. The summed E-state index contributed by atoms with van der Waals surface area (Å²) >= 11 is 0. The fourth-order valence-corrected chi connectivity index (χ4v) is 1.51. The molecule has 1 aromatic rings. The lowest BCUT2D eigenvalue weighted by Gasteiger charge is -2.01. The van der Waals surface area contributed by atoms with E-state index in [4.69, 9.17) is 9.79 Å². The van der Waals surface area contributed by atoms with E-state index >= 15 is 0 Å². The van der Waals surface area contributed by atoms with Gasteiger partial charge in [-0.05, 0) is 5.56 Å². The highest BCUT2D eigenvalue weighted by Crippen LogP contribution is 2.38. The Kier molecular flexibility index (Phi) is 5.05. The SMILES string of the molecule is O=P(O)(O)Cc1ccccc1.[MgH2]. The molecule has 1 rings (SSSR count). The van der Waals surface area contributed by atoms with Crippen LogP contribution in [0.25, 0.3) is 0 Å². The molecule has 0 aliphatic carbocycles.